The van der Waals surface area contributed by atoms with E-state index >= 15 is 0 Å². The molecule has 0 aromatic rings. The van der Waals surface area contributed by atoms with E-state index in [0.29, 0.717) is 0 Å². The second kappa shape index (κ2) is 5.82. The highest BCUT2D eigenvalue weighted by Crippen LogP contribution is 2.23. The van der Waals surface area contributed by atoms with Crippen LogP contribution in [0.3, 0.4) is 0 Å². The van der Waals surface area contributed by atoms with E-state index in [1.165, 1.54) is 6.92 Å². The predicted molar refractivity (Wildman–Crippen MR) is 65.2 cm³/mol. The molecule has 0 saturated heterocycles. The maximum Gasteiger partial charge on any atom is 0.323 e. The Morgan fingerprint density at radius 2 is 1.88 bits per heavy atom. The fourth-order valence-electron chi connectivity index (χ4n) is 2.11. The molecular weight excluding hydrogens is 242 g/mol. The summed E-state index contributed by atoms with van der Waals surface area (Å²) in [5.41, 5.74) is 0. The summed E-state index contributed by atoms with van der Waals surface area (Å²) < 4.78 is 26.2. The van der Waals surface area contributed by atoms with Crippen LogP contribution in [0.1, 0.15) is 46.0 Å². The van der Waals surface area contributed by atoms with Crippen molar-refractivity contribution in [3.05, 3.63) is 0 Å². The van der Waals surface area contributed by atoms with E-state index in [1.54, 1.807) is 0 Å². The van der Waals surface area contributed by atoms with Crippen LogP contribution in [0.5, 0.6) is 0 Å². The minimum Gasteiger partial charge on any atom is -0.480 e. The molecular formula is C11H21NO4S. The molecule has 17 heavy (non-hydrogen) atoms. The largest absolute Gasteiger partial charge is 0.480 e. The third-order valence-electron chi connectivity index (χ3n) is 3.49. The SMILES string of the molecule is CC1CCCCCC1NS(=O)(=O)C(C)C(=O)O. The third-order valence-corrected chi connectivity index (χ3v) is 5.25. The maximum atomic E-state index is 11.8. The summed E-state index contributed by atoms with van der Waals surface area (Å²) in [6.45, 7) is 3.22. The van der Waals surface area contributed by atoms with Crippen molar-refractivity contribution >= 4 is 16.0 Å². The van der Waals surface area contributed by atoms with Gasteiger partial charge in [-0.15, -0.1) is 0 Å². The van der Waals surface area contributed by atoms with E-state index < -0.39 is 21.2 Å². The molecule has 0 spiro atoms. The summed E-state index contributed by atoms with van der Waals surface area (Å²) in [6, 6.07) is -0.121. The molecule has 5 nitrogen and oxygen atoms in total. The van der Waals surface area contributed by atoms with Crippen LogP contribution in [0.4, 0.5) is 0 Å². The van der Waals surface area contributed by atoms with E-state index in [1.807, 2.05) is 6.92 Å². The molecule has 0 amide bonds. The van der Waals surface area contributed by atoms with E-state index in [0.717, 1.165) is 32.1 Å². The van der Waals surface area contributed by atoms with Gasteiger partial charge in [-0.1, -0.05) is 26.2 Å². The first-order valence-corrected chi connectivity index (χ1v) is 7.63. The molecule has 1 fully saturated rings. The Morgan fingerprint density at radius 3 is 2.47 bits per heavy atom. The van der Waals surface area contributed by atoms with Gasteiger partial charge in [0, 0.05) is 6.04 Å². The van der Waals surface area contributed by atoms with Gasteiger partial charge in [0.05, 0.1) is 0 Å². The van der Waals surface area contributed by atoms with Crippen molar-refractivity contribution in [2.75, 3.05) is 0 Å². The van der Waals surface area contributed by atoms with Gasteiger partial charge in [-0.3, -0.25) is 4.79 Å². The molecule has 0 aromatic carbocycles. The number of rotatable bonds is 4. The van der Waals surface area contributed by atoms with E-state index in [-0.39, 0.29) is 12.0 Å². The van der Waals surface area contributed by atoms with Gasteiger partial charge < -0.3 is 5.11 Å². The average molecular weight is 263 g/mol. The summed E-state index contributed by atoms with van der Waals surface area (Å²) in [4.78, 5) is 10.7. The highest BCUT2D eigenvalue weighted by Gasteiger charge is 2.32. The van der Waals surface area contributed by atoms with E-state index in [4.69, 9.17) is 5.11 Å². The quantitative estimate of drug-likeness (QED) is 0.750. The Balaban J connectivity index is 2.71. The van der Waals surface area contributed by atoms with Crippen molar-refractivity contribution in [3.63, 3.8) is 0 Å². The summed E-state index contributed by atoms with van der Waals surface area (Å²) in [5, 5.41) is 7.36. The van der Waals surface area contributed by atoms with Gasteiger partial charge in [0.15, 0.2) is 5.25 Å². The van der Waals surface area contributed by atoms with Crippen molar-refractivity contribution in [3.8, 4) is 0 Å². The van der Waals surface area contributed by atoms with Crippen molar-refractivity contribution in [1.29, 1.82) is 0 Å². The van der Waals surface area contributed by atoms with Gasteiger partial charge >= 0.3 is 5.97 Å². The normalized spacial score (nSPS) is 28.4. The van der Waals surface area contributed by atoms with E-state index in [2.05, 4.69) is 4.72 Å². The standard InChI is InChI=1S/C11H21NO4S/c1-8-6-4-3-5-7-10(8)12-17(15,16)9(2)11(13)14/h8-10,12H,3-7H2,1-2H3,(H,13,14). The summed E-state index contributed by atoms with van der Waals surface area (Å²) >= 11 is 0. The summed E-state index contributed by atoms with van der Waals surface area (Å²) in [7, 11) is -3.76. The number of nitrogens with one attached hydrogen (secondary N) is 1. The van der Waals surface area contributed by atoms with Crippen LogP contribution in [0.25, 0.3) is 0 Å². The molecule has 0 radical (unpaired) electrons. The lowest BCUT2D eigenvalue weighted by Crippen LogP contribution is -2.45. The van der Waals surface area contributed by atoms with Gasteiger partial charge in [-0.2, -0.15) is 0 Å². The minimum absolute atomic E-state index is 0.121. The van der Waals surface area contributed by atoms with Crippen LogP contribution in [0.2, 0.25) is 0 Å². The molecule has 100 valence electrons. The van der Waals surface area contributed by atoms with Crippen molar-refractivity contribution in [2.45, 2.75) is 57.2 Å². The van der Waals surface area contributed by atoms with Gasteiger partial charge in [-0.25, -0.2) is 13.1 Å². The topological polar surface area (TPSA) is 83.5 Å². The molecule has 0 aliphatic heterocycles. The highest BCUT2D eigenvalue weighted by molar-refractivity contribution is 7.90. The Hall–Kier alpha value is -0.620. The number of hydrogen-bond donors (Lipinski definition) is 2. The zero-order chi connectivity index (χ0) is 13.1. The Bertz CT molecular complexity index is 366. The smallest absolute Gasteiger partial charge is 0.323 e. The molecule has 1 saturated carbocycles. The number of carboxylic acid groups (broad SMARTS) is 1. The number of carbonyl (C=O) groups is 1. The molecule has 2 N–H and O–H groups in total. The Kier molecular flexibility index (Phi) is 4.94. The van der Waals surface area contributed by atoms with Crippen molar-refractivity contribution < 1.29 is 18.3 Å². The number of carboxylic acids is 1. The van der Waals surface area contributed by atoms with Crippen LogP contribution >= 0.6 is 0 Å². The Labute approximate surface area is 103 Å². The van der Waals surface area contributed by atoms with Crippen LogP contribution in [0.15, 0.2) is 0 Å². The second-order valence-electron chi connectivity index (χ2n) is 4.87. The lowest BCUT2D eigenvalue weighted by atomic mass is 9.98. The molecule has 0 heterocycles. The monoisotopic (exact) mass is 263 g/mol. The Morgan fingerprint density at radius 1 is 1.29 bits per heavy atom. The first-order chi connectivity index (χ1) is 7.84. The first kappa shape index (κ1) is 14.4. The lowest BCUT2D eigenvalue weighted by Gasteiger charge is -2.23. The average Bonchev–Trinajstić information content (AvgIpc) is 2.43. The fourth-order valence-corrected chi connectivity index (χ4v) is 3.36. The van der Waals surface area contributed by atoms with Crippen LogP contribution in [-0.4, -0.2) is 30.8 Å². The molecule has 0 aromatic heterocycles. The molecule has 3 unspecified atom stereocenters. The van der Waals surface area contributed by atoms with Crippen LogP contribution < -0.4 is 4.72 Å². The third kappa shape index (κ3) is 3.96. The molecule has 1 aliphatic carbocycles. The first-order valence-electron chi connectivity index (χ1n) is 6.08. The molecule has 1 rings (SSSR count). The van der Waals surface area contributed by atoms with Gasteiger partial charge in [0.25, 0.3) is 0 Å². The fraction of sp³-hybridized carbons (Fsp3) is 0.909. The number of sulfonamides is 1. The van der Waals surface area contributed by atoms with Crippen LogP contribution in [-0.2, 0) is 14.8 Å². The predicted octanol–water partition coefficient (Wildman–Crippen LogP) is 1.35. The van der Waals surface area contributed by atoms with Crippen molar-refractivity contribution in [2.24, 2.45) is 5.92 Å². The lowest BCUT2D eigenvalue weighted by molar-refractivity contribution is -0.136. The van der Waals surface area contributed by atoms with E-state index in [9.17, 15) is 13.2 Å². The summed E-state index contributed by atoms with van der Waals surface area (Å²) in [5.74, 6) is -1.04. The second-order valence-corrected chi connectivity index (χ2v) is 6.90. The zero-order valence-electron chi connectivity index (χ0n) is 10.3. The maximum absolute atomic E-state index is 11.8. The van der Waals surface area contributed by atoms with Gasteiger partial charge in [0.2, 0.25) is 10.0 Å². The molecule has 6 heteroatoms. The molecule has 0 bridgehead atoms. The van der Waals surface area contributed by atoms with Gasteiger partial charge in [0.1, 0.15) is 0 Å². The minimum atomic E-state index is -3.76. The highest BCUT2D eigenvalue weighted by atomic mass is 32.2. The van der Waals surface area contributed by atoms with Gasteiger partial charge in [-0.05, 0) is 25.7 Å². The number of hydrogen-bond acceptors (Lipinski definition) is 3. The molecule has 1 aliphatic rings. The zero-order valence-corrected chi connectivity index (χ0v) is 11.2. The van der Waals surface area contributed by atoms with Crippen molar-refractivity contribution in [1.82, 2.24) is 4.72 Å². The summed E-state index contributed by atoms with van der Waals surface area (Å²) in [6.07, 6.45) is 5.03. The van der Waals surface area contributed by atoms with Crippen LogP contribution in [0, 0.1) is 5.92 Å². The number of aliphatic carboxylic acids is 1. The molecule has 3 atom stereocenters.